The quantitative estimate of drug-likeness (QED) is 0.698. The lowest BCUT2D eigenvalue weighted by atomic mass is 10.5. The van der Waals surface area contributed by atoms with Gasteiger partial charge in [-0.3, -0.25) is 5.41 Å². The van der Waals surface area contributed by atoms with E-state index in [0.717, 1.165) is 0 Å². The Balaban J connectivity index is 2.71. The van der Waals surface area contributed by atoms with Crippen LogP contribution >= 0.6 is 23.2 Å². The van der Waals surface area contributed by atoms with Crippen LogP contribution in [0.5, 0.6) is 0 Å². The fourth-order valence-electron chi connectivity index (χ4n) is 0.476. The van der Waals surface area contributed by atoms with Gasteiger partial charge in [-0.15, -0.1) is 0 Å². The summed E-state index contributed by atoms with van der Waals surface area (Å²) in [6, 6.07) is 0. The van der Waals surface area contributed by atoms with Gasteiger partial charge in [0.2, 0.25) is 5.28 Å². The first-order valence-electron chi connectivity index (χ1n) is 2.68. The van der Waals surface area contributed by atoms with E-state index in [1.54, 1.807) is 0 Å². The molecule has 0 atom stereocenters. The summed E-state index contributed by atoms with van der Waals surface area (Å²) in [5.41, 5.74) is 0. The molecule has 11 heavy (non-hydrogen) atoms. The zero-order chi connectivity index (χ0) is 8.27. The van der Waals surface area contributed by atoms with Gasteiger partial charge < -0.3 is 0 Å². The van der Waals surface area contributed by atoms with Gasteiger partial charge in [-0.25, -0.2) is 5.10 Å². The highest BCUT2D eigenvalue weighted by atomic mass is 35.5. The maximum atomic E-state index is 6.83. The molecule has 0 unspecified atom stereocenters. The lowest BCUT2D eigenvalue weighted by Crippen LogP contribution is -1.77. The normalized spacial score (nSPS) is 10.7. The van der Waals surface area contributed by atoms with Gasteiger partial charge in [0, 0.05) is 0 Å². The third kappa shape index (κ3) is 2.69. The molecule has 0 radical (unpaired) electrons. The fourth-order valence-corrected chi connectivity index (χ4v) is 0.668. The second kappa shape index (κ2) is 3.50. The molecule has 0 aliphatic rings. The van der Waals surface area contributed by atoms with E-state index in [2.05, 4.69) is 15.2 Å². The summed E-state index contributed by atoms with van der Waals surface area (Å²) in [6.07, 6.45) is 2.85. The first-order valence-corrected chi connectivity index (χ1v) is 3.44. The fraction of sp³-hybridized carbons (Fsp3) is 0. The molecular weight excluding hydrogens is 187 g/mol. The van der Waals surface area contributed by atoms with E-state index in [9.17, 15) is 0 Å². The molecule has 1 rings (SSSR count). The monoisotopic (exact) mass is 190 g/mol. The standard InChI is InChI=1S/C5H4Cl2N4/c6-3(8)1-2-4-9-5(7)11-10-4/h1-2,8H,(H,9,10,11)/b2-1-,8-3?. The van der Waals surface area contributed by atoms with Crippen molar-refractivity contribution < 1.29 is 0 Å². The van der Waals surface area contributed by atoms with Crippen LogP contribution in [0.3, 0.4) is 0 Å². The van der Waals surface area contributed by atoms with Crippen molar-refractivity contribution in [1.29, 1.82) is 5.41 Å². The number of rotatable bonds is 2. The van der Waals surface area contributed by atoms with E-state index in [-0.39, 0.29) is 10.5 Å². The van der Waals surface area contributed by atoms with Gasteiger partial charge in [-0.05, 0) is 23.8 Å². The number of hydrogen-bond donors (Lipinski definition) is 2. The van der Waals surface area contributed by atoms with Gasteiger partial charge >= 0.3 is 0 Å². The largest absolute Gasteiger partial charge is 0.289 e. The number of allylic oxidation sites excluding steroid dienone is 1. The number of aromatic amines is 1. The van der Waals surface area contributed by atoms with Crippen molar-refractivity contribution in [3.8, 4) is 0 Å². The van der Waals surface area contributed by atoms with Crippen molar-refractivity contribution in [3.63, 3.8) is 0 Å². The zero-order valence-corrected chi connectivity index (χ0v) is 6.82. The number of nitrogens with one attached hydrogen (secondary N) is 2. The molecule has 0 saturated heterocycles. The predicted octanol–water partition coefficient (Wildman–Crippen LogP) is 1.69. The van der Waals surface area contributed by atoms with Crippen LogP contribution in [0.25, 0.3) is 6.08 Å². The minimum atomic E-state index is -0.0778. The average molecular weight is 191 g/mol. The Morgan fingerprint density at radius 3 is 2.82 bits per heavy atom. The van der Waals surface area contributed by atoms with Crippen LogP contribution < -0.4 is 0 Å². The molecule has 1 aromatic rings. The van der Waals surface area contributed by atoms with Gasteiger partial charge in [0.15, 0.2) is 5.82 Å². The van der Waals surface area contributed by atoms with Gasteiger partial charge in [-0.1, -0.05) is 11.6 Å². The molecule has 0 spiro atoms. The first kappa shape index (κ1) is 8.23. The SMILES string of the molecule is N=C(Cl)/C=C\c1n[nH]c(Cl)n1. The van der Waals surface area contributed by atoms with Crippen molar-refractivity contribution in [2.75, 3.05) is 0 Å². The summed E-state index contributed by atoms with van der Waals surface area (Å²) < 4.78 is 0. The highest BCUT2D eigenvalue weighted by Gasteiger charge is 1.94. The molecule has 0 aliphatic carbocycles. The number of aromatic nitrogens is 3. The van der Waals surface area contributed by atoms with Crippen LogP contribution in [0.4, 0.5) is 0 Å². The van der Waals surface area contributed by atoms with Crippen molar-refractivity contribution in [3.05, 3.63) is 17.2 Å². The molecule has 0 bridgehead atoms. The average Bonchev–Trinajstić information content (AvgIpc) is 2.31. The minimum Gasteiger partial charge on any atom is -0.289 e. The van der Waals surface area contributed by atoms with Gasteiger partial charge in [-0.2, -0.15) is 10.1 Å². The van der Waals surface area contributed by atoms with Gasteiger partial charge in [0.05, 0.1) is 0 Å². The van der Waals surface area contributed by atoms with Crippen LogP contribution in [0, 0.1) is 5.41 Å². The number of nitrogens with zero attached hydrogens (tertiary/aromatic N) is 2. The number of hydrogen-bond acceptors (Lipinski definition) is 3. The molecule has 0 fully saturated rings. The van der Waals surface area contributed by atoms with Crippen LogP contribution in [-0.2, 0) is 0 Å². The van der Waals surface area contributed by atoms with Crippen molar-refractivity contribution in [2.24, 2.45) is 0 Å². The third-order valence-corrected chi connectivity index (χ3v) is 1.15. The van der Waals surface area contributed by atoms with Crippen LogP contribution in [0.15, 0.2) is 6.08 Å². The zero-order valence-electron chi connectivity index (χ0n) is 5.31. The van der Waals surface area contributed by atoms with E-state index in [1.807, 2.05) is 0 Å². The molecular formula is C5H4Cl2N4. The molecule has 4 nitrogen and oxygen atoms in total. The van der Waals surface area contributed by atoms with Gasteiger partial charge in [0.25, 0.3) is 0 Å². The molecule has 2 N–H and O–H groups in total. The second-order valence-corrected chi connectivity index (χ2v) is 2.43. The lowest BCUT2D eigenvalue weighted by molar-refractivity contribution is 1.08. The Labute approximate surface area is 72.7 Å². The van der Waals surface area contributed by atoms with Crippen LogP contribution in [0.1, 0.15) is 5.82 Å². The van der Waals surface area contributed by atoms with Gasteiger partial charge in [0.1, 0.15) is 5.17 Å². The van der Waals surface area contributed by atoms with Crippen LogP contribution in [0.2, 0.25) is 5.28 Å². The van der Waals surface area contributed by atoms with Crippen molar-refractivity contribution >= 4 is 34.4 Å². The smallest absolute Gasteiger partial charge is 0.218 e. The second-order valence-electron chi connectivity index (χ2n) is 1.67. The van der Waals surface area contributed by atoms with Crippen molar-refractivity contribution in [2.45, 2.75) is 0 Å². The summed E-state index contributed by atoms with van der Waals surface area (Å²) in [5.74, 6) is 0.403. The Kier molecular flexibility index (Phi) is 2.62. The Morgan fingerprint density at radius 1 is 1.64 bits per heavy atom. The minimum absolute atomic E-state index is 0.0778. The molecule has 6 heteroatoms. The summed E-state index contributed by atoms with van der Waals surface area (Å²) in [6.45, 7) is 0. The van der Waals surface area contributed by atoms with E-state index >= 15 is 0 Å². The summed E-state index contributed by atoms with van der Waals surface area (Å²) in [4.78, 5) is 3.74. The lowest BCUT2D eigenvalue weighted by Gasteiger charge is -1.77. The topological polar surface area (TPSA) is 65.4 Å². The summed E-state index contributed by atoms with van der Waals surface area (Å²) in [7, 11) is 0. The van der Waals surface area contributed by atoms with E-state index in [4.69, 9.17) is 28.6 Å². The number of halogens is 2. The maximum absolute atomic E-state index is 6.83. The molecule has 1 aromatic heterocycles. The Bertz CT molecular complexity index is 290. The molecule has 1 heterocycles. The van der Waals surface area contributed by atoms with E-state index in [0.29, 0.717) is 5.82 Å². The maximum Gasteiger partial charge on any atom is 0.218 e. The van der Waals surface area contributed by atoms with E-state index in [1.165, 1.54) is 12.2 Å². The summed E-state index contributed by atoms with van der Waals surface area (Å²) >= 11 is 10.7. The molecule has 0 saturated carbocycles. The van der Waals surface area contributed by atoms with Crippen molar-refractivity contribution in [1.82, 2.24) is 15.2 Å². The third-order valence-electron chi connectivity index (χ3n) is 0.854. The first-order chi connectivity index (χ1) is 5.18. The predicted molar refractivity (Wildman–Crippen MR) is 44.0 cm³/mol. The highest BCUT2D eigenvalue weighted by Crippen LogP contribution is 2.00. The Morgan fingerprint density at radius 2 is 2.36 bits per heavy atom. The molecule has 0 aliphatic heterocycles. The highest BCUT2D eigenvalue weighted by molar-refractivity contribution is 6.67. The molecule has 0 aromatic carbocycles. The Hall–Kier alpha value is -0.870. The van der Waals surface area contributed by atoms with Crippen LogP contribution in [-0.4, -0.2) is 20.4 Å². The number of H-pyrrole nitrogens is 1. The van der Waals surface area contributed by atoms with E-state index < -0.39 is 0 Å². The summed E-state index contributed by atoms with van der Waals surface area (Å²) in [5, 5.41) is 13.1. The molecule has 0 amide bonds. The molecule has 58 valence electrons.